The molecule has 198 valence electrons. The van der Waals surface area contributed by atoms with Crippen LogP contribution in [-0.4, -0.2) is 76.7 Å². The summed E-state index contributed by atoms with van der Waals surface area (Å²) in [6.45, 7) is 12.6. The first-order valence-corrected chi connectivity index (χ1v) is 13.7. The summed E-state index contributed by atoms with van der Waals surface area (Å²) < 4.78 is 0. The van der Waals surface area contributed by atoms with Crippen molar-refractivity contribution in [2.45, 2.75) is 32.7 Å². The van der Waals surface area contributed by atoms with Gasteiger partial charge < -0.3 is 25.8 Å². The van der Waals surface area contributed by atoms with E-state index in [0.29, 0.717) is 21.1 Å². The third-order valence-electron chi connectivity index (χ3n) is 6.22. The molecular formula is C27H35Cl2N7S. The predicted octanol–water partition coefficient (Wildman–Crippen LogP) is 5.74. The van der Waals surface area contributed by atoms with E-state index in [1.807, 2.05) is 36.5 Å². The van der Waals surface area contributed by atoms with Crippen LogP contribution in [0.1, 0.15) is 27.2 Å². The third kappa shape index (κ3) is 7.65. The van der Waals surface area contributed by atoms with Crippen molar-refractivity contribution in [3.63, 3.8) is 0 Å². The van der Waals surface area contributed by atoms with Crippen LogP contribution in [0.3, 0.4) is 0 Å². The van der Waals surface area contributed by atoms with Crippen molar-refractivity contribution in [2.75, 3.05) is 56.9 Å². The lowest BCUT2D eigenvalue weighted by atomic mass is 10.0. The van der Waals surface area contributed by atoms with Crippen LogP contribution in [0.15, 0.2) is 36.5 Å². The first-order valence-electron chi connectivity index (χ1n) is 12.6. The number of fused-ring (bicyclic) bond motifs is 1. The van der Waals surface area contributed by atoms with Gasteiger partial charge in [-0.1, -0.05) is 29.3 Å². The Balaban J connectivity index is 1.55. The SMILES string of the molecule is CN1CCN(CCCNc2ncc3cc(-c4c(Cl)cccc4Cl)c(NC(=S)NC(C)(C)C)cc3n2)CC1. The fraction of sp³-hybridized carbons (Fsp3) is 0.444. The molecule has 3 N–H and O–H groups in total. The number of hydrogen-bond acceptors (Lipinski definition) is 6. The Morgan fingerprint density at radius 1 is 1.08 bits per heavy atom. The number of nitrogens with one attached hydrogen (secondary N) is 3. The van der Waals surface area contributed by atoms with Gasteiger partial charge in [-0.05, 0) is 77.3 Å². The second-order valence-corrected chi connectivity index (χ2v) is 11.7. The molecule has 1 saturated heterocycles. The van der Waals surface area contributed by atoms with Gasteiger partial charge in [0.1, 0.15) is 0 Å². The van der Waals surface area contributed by atoms with Crippen LogP contribution < -0.4 is 16.0 Å². The van der Waals surface area contributed by atoms with E-state index in [4.69, 9.17) is 40.4 Å². The zero-order valence-corrected chi connectivity index (χ0v) is 24.2. The average molecular weight is 561 g/mol. The smallest absolute Gasteiger partial charge is 0.223 e. The monoisotopic (exact) mass is 559 g/mol. The van der Waals surface area contributed by atoms with Gasteiger partial charge in [-0.2, -0.15) is 0 Å². The van der Waals surface area contributed by atoms with E-state index < -0.39 is 0 Å². The molecular weight excluding hydrogens is 525 g/mol. The Labute approximate surface area is 234 Å². The molecule has 37 heavy (non-hydrogen) atoms. The zero-order chi connectivity index (χ0) is 26.6. The average Bonchev–Trinajstić information content (AvgIpc) is 2.82. The minimum absolute atomic E-state index is 0.188. The Morgan fingerprint density at radius 3 is 2.46 bits per heavy atom. The zero-order valence-electron chi connectivity index (χ0n) is 21.9. The molecule has 2 aromatic carbocycles. The second-order valence-electron chi connectivity index (χ2n) is 10.5. The van der Waals surface area contributed by atoms with Gasteiger partial charge >= 0.3 is 0 Å². The lowest BCUT2D eigenvalue weighted by Gasteiger charge is -2.32. The quantitative estimate of drug-likeness (QED) is 0.250. The molecule has 2 heterocycles. The number of hydrogen-bond donors (Lipinski definition) is 3. The van der Waals surface area contributed by atoms with Crippen LogP contribution in [0, 0.1) is 0 Å². The highest BCUT2D eigenvalue weighted by atomic mass is 35.5. The van der Waals surface area contributed by atoms with E-state index >= 15 is 0 Å². The van der Waals surface area contributed by atoms with Crippen molar-refractivity contribution >= 4 is 63.1 Å². The van der Waals surface area contributed by atoms with Gasteiger partial charge in [0, 0.05) is 71.0 Å². The summed E-state index contributed by atoms with van der Waals surface area (Å²) in [7, 11) is 2.18. The topological polar surface area (TPSA) is 68.3 Å². The molecule has 3 aromatic rings. The van der Waals surface area contributed by atoms with Gasteiger partial charge in [0.05, 0.1) is 11.2 Å². The Bertz CT molecular complexity index is 1230. The highest BCUT2D eigenvalue weighted by Gasteiger charge is 2.18. The fourth-order valence-corrected chi connectivity index (χ4v) is 5.32. The molecule has 0 bridgehead atoms. The number of nitrogens with zero attached hydrogens (tertiary/aromatic N) is 4. The van der Waals surface area contributed by atoms with Crippen LogP contribution in [-0.2, 0) is 0 Å². The number of rotatable bonds is 7. The number of anilines is 2. The van der Waals surface area contributed by atoms with E-state index in [9.17, 15) is 0 Å². The van der Waals surface area contributed by atoms with Crippen molar-refractivity contribution in [2.24, 2.45) is 0 Å². The van der Waals surface area contributed by atoms with Crippen molar-refractivity contribution in [3.8, 4) is 11.1 Å². The predicted molar refractivity (Wildman–Crippen MR) is 161 cm³/mol. The van der Waals surface area contributed by atoms with Crippen LogP contribution in [0.25, 0.3) is 22.0 Å². The van der Waals surface area contributed by atoms with Crippen molar-refractivity contribution in [3.05, 3.63) is 46.6 Å². The summed E-state index contributed by atoms with van der Waals surface area (Å²) >= 11 is 18.8. The Morgan fingerprint density at radius 2 is 1.78 bits per heavy atom. The molecule has 1 fully saturated rings. The van der Waals surface area contributed by atoms with Gasteiger partial charge in [0.2, 0.25) is 5.95 Å². The van der Waals surface area contributed by atoms with Gasteiger partial charge in [-0.25, -0.2) is 9.97 Å². The van der Waals surface area contributed by atoms with Gasteiger partial charge in [0.25, 0.3) is 0 Å². The number of benzene rings is 2. The molecule has 1 aromatic heterocycles. The molecule has 0 unspecified atom stereocenters. The molecule has 10 heteroatoms. The van der Waals surface area contributed by atoms with Gasteiger partial charge in [0.15, 0.2) is 5.11 Å². The summed E-state index contributed by atoms with van der Waals surface area (Å²) in [6.07, 6.45) is 2.86. The molecule has 0 atom stereocenters. The fourth-order valence-electron chi connectivity index (χ4n) is 4.30. The molecule has 0 radical (unpaired) electrons. The number of halogens is 2. The molecule has 1 aliphatic heterocycles. The summed E-state index contributed by atoms with van der Waals surface area (Å²) in [5, 5.41) is 12.5. The number of piperazine rings is 1. The Hall–Kier alpha value is -2.23. The highest BCUT2D eigenvalue weighted by Crippen LogP contribution is 2.40. The van der Waals surface area contributed by atoms with E-state index in [-0.39, 0.29) is 5.54 Å². The van der Waals surface area contributed by atoms with E-state index in [1.165, 1.54) is 0 Å². The standard InChI is InChI=1S/C27H35Cl2N7S/c1-27(2,3)34-26(37)33-23-16-22-18(15-19(23)24-20(28)7-5-8-21(24)29)17-31-25(32-22)30-9-6-10-36-13-11-35(4)12-14-36/h5,7-8,15-17H,6,9-14H2,1-4H3,(H,30,31,32)(H2,33,34,37). The molecule has 1 aliphatic rings. The maximum absolute atomic E-state index is 6.58. The lowest BCUT2D eigenvalue weighted by Crippen LogP contribution is -2.44. The van der Waals surface area contributed by atoms with Crippen LogP contribution in [0.2, 0.25) is 10.0 Å². The molecule has 0 aliphatic carbocycles. The molecule has 4 rings (SSSR count). The van der Waals surface area contributed by atoms with E-state index in [0.717, 1.165) is 73.4 Å². The number of aromatic nitrogens is 2. The summed E-state index contributed by atoms with van der Waals surface area (Å²) in [5.41, 5.74) is 2.94. The summed E-state index contributed by atoms with van der Waals surface area (Å²) in [6, 6.07) is 9.46. The van der Waals surface area contributed by atoms with Crippen LogP contribution in [0.5, 0.6) is 0 Å². The van der Waals surface area contributed by atoms with Crippen LogP contribution >= 0.6 is 35.4 Å². The summed E-state index contributed by atoms with van der Waals surface area (Å²) in [5.74, 6) is 0.607. The highest BCUT2D eigenvalue weighted by molar-refractivity contribution is 7.80. The minimum atomic E-state index is -0.188. The number of thiocarbonyl (C=S) groups is 1. The molecule has 0 amide bonds. The molecule has 7 nitrogen and oxygen atoms in total. The van der Waals surface area contributed by atoms with Gasteiger partial charge in [-0.15, -0.1) is 0 Å². The molecule has 0 saturated carbocycles. The Kier molecular flexibility index (Phi) is 9.08. The minimum Gasteiger partial charge on any atom is -0.358 e. The van der Waals surface area contributed by atoms with Gasteiger partial charge in [-0.3, -0.25) is 0 Å². The normalized spacial score (nSPS) is 15.1. The maximum Gasteiger partial charge on any atom is 0.223 e. The summed E-state index contributed by atoms with van der Waals surface area (Å²) in [4.78, 5) is 14.2. The number of likely N-dealkylation sites (N-methyl/N-ethyl adjacent to an activating group) is 1. The largest absolute Gasteiger partial charge is 0.358 e. The molecule has 0 spiro atoms. The van der Waals surface area contributed by atoms with E-state index in [2.05, 4.69) is 58.6 Å². The lowest BCUT2D eigenvalue weighted by molar-refractivity contribution is 0.154. The van der Waals surface area contributed by atoms with E-state index in [1.54, 1.807) is 0 Å². The van der Waals surface area contributed by atoms with Crippen molar-refractivity contribution < 1.29 is 0 Å². The van der Waals surface area contributed by atoms with Crippen molar-refractivity contribution in [1.29, 1.82) is 0 Å². The van der Waals surface area contributed by atoms with Crippen LogP contribution in [0.4, 0.5) is 11.6 Å². The third-order valence-corrected chi connectivity index (χ3v) is 7.05. The van der Waals surface area contributed by atoms with Crippen molar-refractivity contribution in [1.82, 2.24) is 25.1 Å². The first kappa shape index (κ1) is 27.8. The maximum atomic E-state index is 6.58. The second kappa shape index (κ2) is 12.1. The first-order chi connectivity index (χ1) is 17.6.